The number of aliphatic hydroxyl groups excluding tert-OH is 1. The number of carboxylic acid groups (broad SMARTS) is 1. The number of rotatable bonds is 8. The van der Waals surface area contributed by atoms with Crippen LogP contribution < -0.4 is 5.32 Å². The number of aromatic nitrogens is 1. The number of carbonyl (C=O) groups excluding carboxylic acids is 2. The van der Waals surface area contributed by atoms with Gasteiger partial charge in [0.1, 0.15) is 0 Å². The number of likely N-dealkylation sites (tertiary alicyclic amines) is 1. The molecule has 4 unspecified atom stereocenters. The van der Waals surface area contributed by atoms with Crippen LogP contribution in [0.5, 0.6) is 0 Å². The molecular weight excluding hydrogens is 490 g/mol. The van der Waals surface area contributed by atoms with Gasteiger partial charge in [-0.3, -0.25) is 24.6 Å². The number of imide groups is 1. The maximum absolute atomic E-state index is 13.5. The van der Waals surface area contributed by atoms with E-state index < -0.39 is 47.8 Å². The summed E-state index contributed by atoms with van der Waals surface area (Å²) in [5, 5.41) is 23.2. The fraction of sp³-hybridized carbons (Fsp3) is 0.286. The number of fused-ring (bicyclic) bond motifs is 1. The molecule has 3 heterocycles. The van der Waals surface area contributed by atoms with Gasteiger partial charge in [0.15, 0.2) is 5.54 Å². The molecule has 4 atom stereocenters. The third-order valence-corrected chi connectivity index (χ3v) is 8.34. The molecule has 0 radical (unpaired) electrons. The predicted octanol–water partition coefficient (Wildman–Crippen LogP) is 2.93. The lowest BCUT2D eigenvalue weighted by Crippen LogP contribution is -2.58. The van der Waals surface area contributed by atoms with Crippen molar-refractivity contribution in [2.45, 2.75) is 24.9 Å². The number of nitrogens with one attached hydrogen (secondary N) is 1. The smallest absolute Gasteiger partial charge is 0.327 e. The molecule has 1 aromatic heterocycles. The van der Waals surface area contributed by atoms with Crippen molar-refractivity contribution >= 4 is 41.3 Å². The average molecular weight is 518 g/mol. The van der Waals surface area contributed by atoms with Gasteiger partial charge in [0.05, 0.1) is 29.6 Å². The summed E-state index contributed by atoms with van der Waals surface area (Å²) < 4.78 is 0. The van der Waals surface area contributed by atoms with Crippen molar-refractivity contribution in [1.82, 2.24) is 15.2 Å². The largest absolute Gasteiger partial charge is 0.480 e. The van der Waals surface area contributed by atoms with Gasteiger partial charge in [0.25, 0.3) is 0 Å². The van der Waals surface area contributed by atoms with Crippen molar-refractivity contribution in [3.63, 3.8) is 0 Å². The highest BCUT2D eigenvalue weighted by molar-refractivity contribution is 7.09. The van der Waals surface area contributed by atoms with Gasteiger partial charge in [-0.2, -0.15) is 0 Å². The maximum Gasteiger partial charge on any atom is 0.327 e. The fourth-order valence-electron chi connectivity index (χ4n) is 5.33. The third-order valence-electron chi connectivity index (χ3n) is 7.35. The number of benzene rings is 2. The number of carbonyl (C=O) groups is 3. The van der Waals surface area contributed by atoms with Crippen molar-refractivity contribution in [1.29, 1.82) is 0 Å². The minimum absolute atomic E-state index is 0.144. The van der Waals surface area contributed by atoms with Crippen molar-refractivity contribution in [3.05, 3.63) is 87.4 Å². The zero-order valence-corrected chi connectivity index (χ0v) is 21.0. The number of aryl methyl sites for hydroxylation is 1. The minimum atomic E-state index is -1.94. The van der Waals surface area contributed by atoms with Gasteiger partial charge in [0, 0.05) is 23.9 Å². The van der Waals surface area contributed by atoms with Crippen LogP contribution in [0.25, 0.3) is 12.2 Å². The molecule has 5 rings (SSSR count). The molecule has 0 saturated carbocycles. The van der Waals surface area contributed by atoms with E-state index in [2.05, 4.69) is 10.3 Å². The molecule has 2 amide bonds. The van der Waals surface area contributed by atoms with Crippen molar-refractivity contribution in [2.75, 3.05) is 13.2 Å². The van der Waals surface area contributed by atoms with Crippen LogP contribution >= 0.6 is 11.3 Å². The number of hydrogen-bond acceptors (Lipinski definition) is 7. The summed E-state index contributed by atoms with van der Waals surface area (Å²) in [6.07, 6.45) is 4.40. The van der Waals surface area contributed by atoms with Crippen LogP contribution in [0, 0.1) is 18.8 Å². The third kappa shape index (κ3) is 4.39. The highest BCUT2D eigenvalue weighted by Crippen LogP contribution is 2.48. The van der Waals surface area contributed by atoms with Gasteiger partial charge < -0.3 is 10.2 Å². The van der Waals surface area contributed by atoms with Crippen LogP contribution in [0.3, 0.4) is 0 Å². The summed E-state index contributed by atoms with van der Waals surface area (Å²) in [5.41, 5.74) is 3.30. The summed E-state index contributed by atoms with van der Waals surface area (Å²) >= 11 is 1.45. The Morgan fingerprint density at radius 3 is 2.35 bits per heavy atom. The lowest BCUT2D eigenvalue weighted by molar-refractivity contribution is -0.153. The fourth-order valence-corrected chi connectivity index (χ4v) is 6.10. The van der Waals surface area contributed by atoms with Gasteiger partial charge in [-0.1, -0.05) is 66.7 Å². The second-order valence-corrected chi connectivity index (χ2v) is 10.3. The average Bonchev–Trinajstić information content (AvgIpc) is 3.56. The number of carboxylic acids is 1. The SMILES string of the molecule is Cc1ncsc1CCN1C(=O)C2C(c3ccc(/C=C/c4ccccc4)cc3)NC(CO)(C(=O)O)C2C1=O. The van der Waals surface area contributed by atoms with E-state index in [-0.39, 0.29) is 6.54 Å². The van der Waals surface area contributed by atoms with Gasteiger partial charge in [-0.25, -0.2) is 4.98 Å². The number of hydrogen-bond donors (Lipinski definition) is 3. The zero-order chi connectivity index (χ0) is 26.2. The Morgan fingerprint density at radius 1 is 1.08 bits per heavy atom. The number of amides is 2. The second kappa shape index (κ2) is 10.0. The van der Waals surface area contributed by atoms with E-state index in [1.807, 2.05) is 73.7 Å². The molecule has 0 spiro atoms. The molecule has 0 bridgehead atoms. The normalized spacial score (nSPS) is 25.2. The van der Waals surface area contributed by atoms with Crippen molar-refractivity contribution < 1.29 is 24.6 Å². The first-order valence-electron chi connectivity index (χ1n) is 12.0. The molecule has 2 aliphatic heterocycles. The quantitative estimate of drug-likeness (QED) is 0.310. The predicted molar refractivity (Wildman–Crippen MR) is 139 cm³/mol. The van der Waals surface area contributed by atoms with Crippen LogP contribution in [0.4, 0.5) is 0 Å². The van der Waals surface area contributed by atoms with Crippen LogP contribution in [0.15, 0.2) is 60.1 Å². The molecular formula is C28H27N3O5S. The Morgan fingerprint density at radius 2 is 1.76 bits per heavy atom. The van der Waals surface area contributed by atoms with E-state index in [4.69, 9.17) is 0 Å². The van der Waals surface area contributed by atoms with E-state index in [0.717, 1.165) is 26.6 Å². The number of nitrogens with zero attached hydrogens (tertiary/aromatic N) is 2. The summed E-state index contributed by atoms with van der Waals surface area (Å²) in [6, 6.07) is 16.6. The molecule has 9 heteroatoms. The van der Waals surface area contributed by atoms with Gasteiger partial charge in [0.2, 0.25) is 11.8 Å². The first kappa shape index (κ1) is 25.0. The molecule has 3 aromatic rings. The van der Waals surface area contributed by atoms with E-state index in [1.54, 1.807) is 5.51 Å². The minimum Gasteiger partial charge on any atom is -0.480 e. The molecule has 2 fully saturated rings. The molecule has 8 nitrogen and oxygen atoms in total. The van der Waals surface area contributed by atoms with Crippen molar-refractivity contribution in [3.8, 4) is 0 Å². The molecule has 190 valence electrons. The Hall–Kier alpha value is -3.66. The van der Waals surface area contributed by atoms with Crippen LogP contribution in [0.1, 0.15) is 33.3 Å². The van der Waals surface area contributed by atoms with Crippen LogP contribution in [-0.2, 0) is 20.8 Å². The monoisotopic (exact) mass is 517 g/mol. The van der Waals surface area contributed by atoms with E-state index >= 15 is 0 Å². The second-order valence-electron chi connectivity index (χ2n) is 9.41. The van der Waals surface area contributed by atoms with Crippen LogP contribution in [0.2, 0.25) is 0 Å². The molecule has 0 aliphatic carbocycles. The first-order chi connectivity index (χ1) is 17.9. The van der Waals surface area contributed by atoms with Crippen LogP contribution in [-0.4, -0.2) is 56.6 Å². The van der Waals surface area contributed by atoms with E-state index in [9.17, 15) is 24.6 Å². The van der Waals surface area contributed by atoms with Gasteiger partial charge in [-0.05, 0) is 23.6 Å². The Labute approximate surface area is 218 Å². The maximum atomic E-state index is 13.5. The summed E-state index contributed by atoms with van der Waals surface area (Å²) in [4.78, 5) is 45.7. The number of aliphatic carboxylic acids is 1. The Bertz CT molecular complexity index is 1350. The number of thiazole rings is 1. The highest BCUT2D eigenvalue weighted by Gasteiger charge is 2.68. The summed E-state index contributed by atoms with van der Waals surface area (Å²) in [6.45, 7) is 1.21. The standard InChI is InChI=1S/C28H27N3O5S/c1-17-21(37-16-29-17)13-14-31-25(33)22-23(26(31)34)28(15-32,27(35)36)30-24(22)20-11-9-19(10-12-20)8-7-18-5-3-2-4-6-18/h2-12,16,22-24,30,32H,13-15H2,1H3,(H,35,36)/b8-7+. The molecule has 2 saturated heterocycles. The number of aliphatic hydroxyl groups is 1. The zero-order valence-electron chi connectivity index (χ0n) is 20.2. The molecule has 3 N–H and O–H groups in total. The molecule has 37 heavy (non-hydrogen) atoms. The Balaban J connectivity index is 1.42. The van der Waals surface area contributed by atoms with E-state index in [1.165, 1.54) is 11.3 Å². The molecule has 2 aliphatic rings. The van der Waals surface area contributed by atoms with Gasteiger partial charge >= 0.3 is 5.97 Å². The Kier molecular flexibility index (Phi) is 6.76. The van der Waals surface area contributed by atoms with Crippen molar-refractivity contribution in [2.24, 2.45) is 11.8 Å². The summed E-state index contributed by atoms with van der Waals surface area (Å²) in [5.74, 6) is -4.46. The summed E-state index contributed by atoms with van der Waals surface area (Å²) in [7, 11) is 0. The van der Waals surface area contributed by atoms with Gasteiger partial charge in [-0.15, -0.1) is 11.3 Å². The lowest BCUT2D eigenvalue weighted by atomic mass is 9.79. The molecule has 2 aromatic carbocycles. The topological polar surface area (TPSA) is 120 Å². The lowest BCUT2D eigenvalue weighted by Gasteiger charge is -2.29. The van der Waals surface area contributed by atoms with E-state index in [0.29, 0.717) is 12.0 Å². The highest BCUT2D eigenvalue weighted by atomic mass is 32.1. The first-order valence-corrected chi connectivity index (χ1v) is 12.9.